The van der Waals surface area contributed by atoms with E-state index in [2.05, 4.69) is 41.8 Å². The first-order valence-corrected chi connectivity index (χ1v) is 6.84. The van der Waals surface area contributed by atoms with Gasteiger partial charge in [0.05, 0.1) is 5.92 Å². The van der Waals surface area contributed by atoms with E-state index in [1.54, 1.807) is 0 Å². The van der Waals surface area contributed by atoms with Crippen LogP contribution in [-0.2, 0) is 4.79 Å². The lowest BCUT2D eigenvalue weighted by Gasteiger charge is -2.14. The molecule has 1 saturated carbocycles. The van der Waals surface area contributed by atoms with Crippen LogP contribution in [0, 0.1) is 5.92 Å². The van der Waals surface area contributed by atoms with Crippen LogP contribution in [0.25, 0.3) is 0 Å². The van der Waals surface area contributed by atoms with Gasteiger partial charge in [-0.1, -0.05) is 30.3 Å². The van der Waals surface area contributed by atoms with E-state index in [4.69, 9.17) is 0 Å². The van der Waals surface area contributed by atoms with Crippen molar-refractivity contribution in [3.05, 3.63) is 35.9 Å². The van der Waals surface area contributed by atoms with Gasteiger partial charge in [0.25, 0.3) is 0 Å². The van der Waals surface area contributed by atoms with E-state index >= 15 is 0 Å². The maximum absolute atomic E-state index is 12.1. The minimum Gasteiger partial charge on any atom is -0.352 e. The van der Waals surface area contributed by atoms with Gasteiger partial charge in [0, 0.05) is 18.0 Å². The molecule has 1 saturated heterocycles. The van der Waals surface area contributed by atoms with E-state index in [1.807, 2.05) is 6.07 Å². The zero-order valence-corrected chi connectivity index (χ0v) is 10.7. The summed E-state index contributed by atoms with van der Waals surface area (Å²) in [5.41, 5.74) is 1.35. The Morgan fingerprint density at radius 3 is 2.78 bits per heavy atom. The van der Waals surface area contributed by atoms with Crippen LogP contribution in [-0.4, -0.2) is 24.5 Å². The molecule has 3 nitrogen and oxygen atoms in total. The van der Waals surface area contributed by atoms with Crippen molar-refractivity contribution in [1.82, 2.24) is 10.6 Å². The summed E-state index contributed by atoms with van der Waals surface area (Å²) in [6.07, 6.45) is 2.06. The van der Waals surface area contributed by atoms with Crippen LogP contribution in [0.2, 0.25) is 0 Å². The Kier molecular flexibility index (Phi) is 3.08. The molecule has 0 bridgehead atoms. The molecule has 0 aromatic heterocycles. The van der Waals surface area contributed by atoms with Crippen molar-refractivity contribution >= 4 is 5.91 Å². The van der Waals surface area contributed by atoms with Gasteiger partial charge in [-0.3, -0.25) is 4.79 Å². The maximum Gasteiger partial charge on any atom is 0.224 e. The molecule has 2 fully saturated rings. The molecule has 0 spiro atoms. The normalized spacial score (nSPS) is 34.3. The largest absolute Gasteiger partial charge is 0.352 e. The molecular weight excluding hydrogens is 224 g/mol. The summed E-state index contributed by atoms with van der Waals surface area (Å²) < 4.78 is 0. The monoisotopic (exact) mass is 244 g/mol. The summed E-state index contributed by atoms with van der Waals surface area (Å²) in [4.78, 5) is 12.1. The molecular formula is C15H20N2O. The summed E-state index contributed by atoms with van der Waals surface area (Å²) in [5, 5.41) is 6.52. The van der Waals surface area contributed by atoms with Gasteiger partial charge in [-0.05, 0) is 31.9 Å². The SMILES string of the molecule is CC1NCCC1C(=O)NC1CC1c1ccccc1. The van der Waals surface area contributed by atoms with Crippen LogP contribution in [0.15, 0.2) is 30.3 Å². The van der Waals surface area contributed by atoms with Crippen molar-refractivity contribution in [1.29, 1.82) is 0 Å². The molecule has 4 atom stereocenters. The van der Waals surface area contributed by atoms with E-state index in [-0.39, 0.29) is 11.8 Å². The van der Waals surface area contributed by atoms with Crippen LogP contribution in [0.1, 0.15) is 31.2 Å². The molecule has 2 aliphatic rings. The predicted molar refractivity (Wildman–Crippen MR) is 71.3 cm³/mol. The molecule has 1 amide bonds. The number of carbonyl (C=O) groups excluding carboxylic acids is 1. The third-order valence-electron chi connectivity index (χ3n) is 4.21. The third kappa shape index (κ3) is 2.27. The Morgan fingerprint density at radius 1 is 1.33 bits per heavy atom. The van der Waals surface area contributed by atoms with Crippen LogP contribution in [0.5, 0.6) is 0 Å². The lowest BCUT2D eigenvalue weighted by molar-refractivity contribution is -0.125. The number of amides is 1. The van der Waals surface area contributed by atoms with Crippen LogP contribution >= 0.6 is 0 Å². The Balaban J connectivity index is 1.55. The number of benzene rings is 1. The first-order chi connectivity index (χ1) is 8.75. The van der Waals surface area contributed by atoms with Gasteiger partial charge in [0.2, 0.25) is 5.91 Å². The quantitative estimate of drug-likeness (QED) is 0.849. The van der Waals surface area contributed by atoms with Crippen LogP contribution in [0.4, 0.5) is 0 Å². The van der Waals surface area contributed by atoms with E-state index in [0.717, 1.165) is 19.4 Å². The zero-order valence-electron chi connectivity index (χ0n) is 10.7. The van der Waals surface area contributed by atoms with Crippen molar-refractivity contribution in [3.8, 4) is 0 Å². The zero-order chi connectivity index (χ0) is 12.5. The highest BCUT2D eigenvalue weighted by Crippen LogP contribution is 2.40. The van der Waals surface area contributed by atoms with Gasteiger partial charge < -0.3 is 10.6 Å². The van der Waals surface area contributed by atoms with Crippen LogP contribution in [0.3, 0.4) is 0 Å². The van der Waals surface area contributed by atoms with Crippen molar-refractivity contribution in [3.63, 3.8) is 0 Å². The van der Waals surface area contributed by atoms with E-state index in [1.165, 1.54) is 5.56 Å². The van der Waals surface area contributed by atoms with Crippen molar-refractivity contribution in [2.75, 3.05) is 6.54 Å². The summed E-state index contributed by atoms with van der Waals surface area (Å²) in [6, 6.07) is 11.1. The molecule has 1 aliphatic carbocycles. The minimum atomic E-state index is 0.155. The minimum absolute atomic E-state index is 0.155. The molecule has 1 heterocycles. The second kappa shape index (κ2) is 4.73. The second-order valence-electron chi connectivity index (χ2n) is 5.51. The van der Waals surface area contributed by atoms with Crippen LogP contribution < -0.4 is 10.6 Å². The first kappa shape index (κ1) is 11.7. The number of nitrogens with one attached hydrogen (secondary N) is 2. The molecule has 3 heteroatoms. The van der Waals surface area contributed by atoms with Gasteiger partial charge in [-0.25, -0.2) is 0 Å². The highest BCUT2D eigenvalue weighted by molar-refractivity contribution is 5.80. The molecule has 4 unspecified atom stereocenters. The van der Waals surface area contributed by atoms with Gasteiger partial charge >= 0.3 is 0 Å². The maximum atomic E-state index is 12.1. The molecule has 2 N–H and O–H groups in total. The molecule has 1 aromatic carbocycles. The molecule has 3 rings (SSSR count). The summed E-state index contributed by atoms with van der Waals surface area (Å²) in [7, 11) is 0. The van der Waals surface area contributed by atoms with Crippen molar-refractivity contribution < 1.29 is 4.79 Å². The summed E-state index contributed by atoms with van der Waals surface area (Å²) in [5.74, 6) is 0.915. The van der Waals surface area contributed by atoms with Crippen molar-refractivity contribution in [2.24, 2.45) is 5.92 Å². The molecule has 96 valence electrons. The van der Waals surface area contributed by atoms with E-state index in [0.29, 0.717) is 18.0 Å². The lowest BCUT2D eigenvalue weighted by Crippen LogP contribution is -2.38. The Labute approximate surface area is 108 Å². The fourth-order valence-electron chi connectivity index (χ4n) is 2.93. The highest BCUT2D eigenvalue weighted by atomic mass is 16.2. The number of carbonyl (C=O) groups is 1. The smallest absolute Gasteiger partial charge is 0.224 e. The average molecular weight is 244 g/mol. The third-order valence-corrected chi connectivity index (χ3v) is 4.21. The Bertz CT molecular complexity index is 431. The Morgan fingerprint density at radius 2 is 2.11 bits per heavy atom. The molecule has 18 heavy (non-hydrogen) atoms. The topological polar surface area (TPSA) is 41.1 Å². The summed E-state index contributed by atoms with van der Waals surface area (Å²) >= 11 is 0. The first-order valence-electron chi connectivity index (χ1n) is 6.84. The second-order valence-corrected chi connectivity index (χ2v) is 5.51. The van der Waals surface area contributed by atoms with Gasteiger partial charge in [-0.15, -0.1) is 0 Å². The van der Waals surface area contributed by atoms with Crippen molar-refractivity contribution in [2.45, 2.75) is 37.8 Å². The lowest BCUT2D eigenvalue weighted by atomic mass is 10.0. The summed E-state index contributed by atoms with van der Waals surface area (Å²) in [6.45, 7) is 3.06. The van der Waals surface area contributed by atoms with E-state index in [9.17, 15) is 4.79 Å². The fourth-order valence-corrected chi connectivity index (χ4v) is 2.93. The number of hydrogen-bond acceptors (Lipinski definition) is 2. The molecule has 1 aliphatic heterocycles. The van der Waals surface area contributed by atoms with Gasteiger partial charge in [-0.2, -0.15) is 0 Å². The molecule has 0 radical (unpaired) electrons. The number of hydrogen-bond donors (Lipinski definition) is 2. The fraction of sp³-hybridized carbons (Fsp3) is 0.533. The standard InChI is InChI=1S/C15H20N2O/c1-10-12(7-8-16-10)15(18)17-14-9-13(14)11-5-3-2-4-6-11/h2-6,10,12-14,16H,7-9H2,1H3,(H,17,18). The average Bonchev–Trinajstić information content (AvgIpc) is 3.01. The van der Waals surface area contributed by atoms with Gasteiger partial charge in [0.1, 0.15) is 0 Å². The molecule has 1 aromatic rings. The predicted octanol–water partition coefficient (Wildman–Crippen LogP) is 1.66. The Hall–Kier alpha value is -1.35. The highest BCUT2D eigenvalue weighted by Gasteiger charge is 2.41. The van der Waals surface area contributed by atoms with Gasteiger partial charge in [0.15, 0.2) is 0 Å². The number of rotatable bonds is 3. The van der Waals surface area contributed by atoms with E-state index < -0.39 is 0 Å².